The van der Waals surface area contributed by atoms with Gasteiger partial charge in [0.05, 0.1) is 16.8 Å². The third-order valence-electron chi connectivity index (χ3n) is 4.48. The highest BCUT2D eigenvalue weighted by atomic mass is 35.5. The van der Waals surface area contributed by atoms with E-state index in [1.54, 1.807) is 5.32 Å². The summed E-state index contributed by atoms with van der Waals surface area (Å²) >= 11 is 5.77. The van der Waals surface area contributed by atoms with Gasteiger partial charge < -0.3 is 20.7 Å². The lowest BCUT2D eigenvalue weighted by molar-refractivity contribution is -0.253. The molecule has 0 bridgehead atoms. The predicted octanol–water partition coefficient (Wildman–Crippen LogP) is 4.27. The van der Waals surface area contributed by atoms with Crippen LogP contribution in [0.5, 0.6) is 5.75 Å². The number of carbonyl (C=O) groups is 2. The van der Waals surface area contributed by atoms with Crippen molar-refractivity contribution in [2.75, 3.05) is 7.05 Å². The minimum atomic E-state index is -4.95. The van der Waals surface area contributed by atoms with Crippen LogP contribution >= 0.6 is 11.6 Å². The van der Waals surface area contributed by atoms with Gasteiger partial charge in [-0.05, 0) is 36.8 Å². The van der Waals surface area contributed by atoms with Crippen LogP contribution in [0, 0.1) is 5.82 Å². The molecule has 2 rings (SSSR count). The van der Waals surface area contributed by atoms with Gasteiger partial charge in [-0.15, -0.1) is 0 Å². The molecule has 1 aromatic heterocycles. The average Bonchev–Trinajstić information content (AvgIpc) is 2.76. The van der Waals surface area contributed by atoms with E-state index in [1.165, 1.54) is 12.1 Å². The van der Waals surface area contributed by atoms with Crippen molar-refractivity contribution in [1.82, 2.24) is 20.9 Å². The maximum Gasteiger partial charge on any atom is 0.461 e. The zero-order valence-electron chi connectivity index (χ0n) is 17.9. The number of halogens is 8. The second-order valence-electron chi connectivity index (χ2n) is 7.06. The average molecular weight is 531 g/mol. The summed E-state index contributed by atoms with van der Waals surface area (Å²) in [6.45, 7) is 0.838. The summed E-state index contributed by atoms with van der Waals surface area (Å²) in [4.78, 5) is 27.7. The monoisotopic (exact) mass is 530 g/mol. The van der Waals surface area contributed by atoms with Crippen molar-refractivity contribution in [2.45, 2.75) is 37.5 Å². The Morgan fingerprint density at radius 2 is 1.74 bits per heavy atom. The van der Waals surface area contributed by atoms with Crippen molar-refractivity contribution in [2.24, 2.45) is 0 Å². The number of carbonyl (C=O) groups excluding carboxylic acids is 2. The van der Waals surface area contributed by atoms with Gasteiger partial charge >= 0.3 is 24.5 Å². The van der Waals surface area contributed by atoms with Crippen molar-refractivity contribution in [3.05, 3.63) is 58.6 Å². The van der Waals surface area contributed by atoms with Crippen molar-refractivity contribution in [3.63, 3.8) is 0 Å². The standard InChI is InChI=1S/C20H18ClF7N4O3/c1-9(19(25,26)17(33)29-2)31-18(34)32-15(14-4-3-11(21)8-30-14)10-5-12(22)7-13(6-10)35-20(27,28)16(23)24/h3-9,15-16H,1-2H3,(H,29,33)(H2,31,32,34)/t9?,15-/m0/s1. The number of rotatable bonds is 9. The van der Waals surface area contributed by atoms with Crippen molar-refractivity contribution >= 4 is 23.5 Å². The Balaban J connectivity index is 2.40. The van der Waals surface area contributed by atoms with Gasteiger partial charge in [-0.2, -0.15) is 26.3 Å². The van der Waals surface area contributed by atoms with Crippen molar-refractivity contribution in [1.29, 1.82) is 0 Å². The number of urea groups is 1. The van der Waals surface area contributed by atoms with Gasteiger partial charge in [-0.1, -0.05) is 11.6 Å². The SMILES string of the molecule is CNC(=O)C(F)(F)C(C)NC(=O)N[C@@H](c1cc(F)cc(OC(F)(F)C(F)F)c1)c1ccc(Cl)cn1. The molecule has 0 spiro atoms. The van der Waals surface area contributed by atoms with E-state index in [4.69, 9.17) is 11.6 Å². The van der Waals surface area contributed by atoms with E-state index < -0.39 is 54.0 Å². The van der Waals surface area contributed by atoms with Gasteiger partial charge in [0, 0.05) is 19.3 Å². The predicted molar refractivity (Wildman–Crippen MR) is 109 cm³/mol. The molecule has 3 amide bonds. The van der Waals surface area contributed by atoms with E-state index in [9.17, 15) is 40.3 Å². The summed E-state index contributed by atoms with van der Waals surface area (Å²) in [5.41, 5.74) is -0.381. The molecule has 0 aliphatic rings. The molecule has 0 saturated carbocycles. The fraction of sp³-hybridized carbons (Fsp3) is 0.350. The van der Waals surface area contributed by atoms with Gasteiger partial charge in [0.25, 0.3) is 5.91 Å². The van der Waals surface area contributed by atoms with Gasteiger partial charge in [-0.25, -0.2) is 9.18 Å². The van der Waals surface area contributed by atoms with Crippen LogP contribution < -0.4 is 20.7 Å². The van der Waals surface area contributed by atoms with Crippen LogP contribution in [-0.4, -0.2) is 48.5 Å². The van der Waals surface area contributed by atoms with Crippen molar-refractivity contribution in [3.8, 4) is 5.75 Å². The number of pyridine rings is 1. The molecule has 1 aromatic carbocycles. The van der Waals surface area contributed by atoms with Crippen LogP contribution in [0.15, 0.2) is 36.5 Å². The molecule has 0 fully saturated rings. The normalized spacial score (nSPS) is 13.7. The molecule has 0 radical (unpaired) electrons. The molecule has 0 aliphatic heterocycles. The van der Waals surface area contributed by atoms with E-state index in [-0.39, 0.29) is 16.3 Å². The number of benzene rings is 1. The molecule has 3 N–H and O–H groups in total. The molecular weight excluding hydrogens is 513 g/mol. The van der Waals surface area contributed by atoms with E-state index in [2.05, 4.69) is 15.0 Å². The molecule has 7 nitrogen and oxygen atoms in total. The van der Waals surface area contributed by atoms with Gasteiger partial charge in [0.1, 0.15) is 17.6 Å². The highest BCUT2D eigenvalue weighted by molar-refractivity contribution is 6.30. The number of hydrogen-bond acceptors (Lipinski definition) is 4. The lowest BCUT2D eigenvalue weighted by Crippen LogP contribution is -2.55. The number of aromatic nitrogens is 1. The maximum atomic E-state index is 14.1. The molecule has 15 heteroatoms. The Bertz CT molecular complexity index is 1060. The van der Waals surface area contributed by atoms with Crippen molar-refractivity contribution < 1.29 is 45.1 Å². The van der Waals surface area contributed by atoms with Crippen LogP contribution in [0.4, 0.5) is 35.5 Å². The molecular formula is C20H18ClF7N4O3. The Morgan fingerprint density at radius 3 is 2.29 bits per heavy atom. The molecule has 0 saturated heterocycles. The number of amides is 3. The lowest BCUT2D eigenvalue weighted by Gasteiger charge is -2.25. The fourth-order valence-corrected chi connectivity index (χ4v) is 2.83. The van der Waals surface area contributed by atoms with Gasteiger partial charge in [0.15, 0.2) is 0 Å². The third-order valence-corrected chi connectivity index (χ3v) is 4.70. The van der Waals surface area contributed by atoms with Gasteiger partial charge in [0.2, 0.25) is 0 Å². The first-order chi connectivity index (χ1) is 16.2. The second kappa shape index (κ2) is 11.0. The van der Waals surface area contributed by atoms with E-state index in [1.807, 2.05) is 5.32 Å². The first kappa shape index (κ1) is 28.0. The van der Waals surface area contributed by atoms with Crippen LogP contribution in [0.3, 0.4) is 0 Å². The molecule has 1 heterocycles. The summed E-state index contributed by atoms with van der Waals surface area (Å²) in [5, 5.41) is 5.92. The first-order valence-corrected chi connectivity index (χ1v) is 9.99. The molecule has 35 heavy (non-hydrogen) atoms. The van der Waals surface area contributed by atoms with E-state index in [0.29, 0.717) is 6.07 Å². The fourth-order valence-electron chi connectivity index (χ4n) is 2.72. The quantitative estimate of drug-likeness (QED) is 0.422. The largest absolute Gasteiger partial charge is 0.461 e. The minimum absolute atomic E-state index is 0.0626. The summed E-state index contributed by atoms with van der Waals surface area (Å²) in [6, 6.07) is -0.357. The van der Waals surface area contributed by atoms with E-state index >= 15 is 0 Å². The number of alkyl halides is 6. The molecule has 192 valence electrons. The molecule has 0 aliphatic carbocycles. The maximum absolute atomic E-state index is 14.1. The first-order valence-electron chi connectivity index (χ1n) is 9.61. The summed E-state index contributed by atoms with van der Waals surface area (Å²) in [5.74, 6) is -7.90. The van der Waals surface area contributed by atoms with Crippen LogP contribution in [0.25, 0.3) is 0 Å². The summed E-state index contributed by atoms with van der Waals surface area (Å²) < 4.78 is 97.8. The lowest BCUT2D eigenvalue weighted by atomic mass is 10.0. The molecule has 1 unspecified atom stereocenters. The van der Waals surface area contributed by atoms with E-state index in [0.717, 1.165) is 32.3 Å². The topological polar surface area (TPSA) is 92.4 Å². The van der Waals surface area contributed by atoms with Crippen LogP contribution in [0.2, 0.25) is 5.02 Å². The second-order valence-corrected chi connectivity index (χ2v) is 7.50. The zero-order chi connectivity index (χ0) is 26.6. The molecule has 2 aromatic rings. The zero-order valence-corrected chi connectivity index (χ0v) is 18.6. The Labute approximate surface area is 199 Å². The Hall–Kier alpha value is -3.29. The number of hydrogen-bond donors (Lipinski definition) is 3. The highest BCUT2D eigenvalue weighted by Crippen LogP contribution is 2.31. The number of nitrogens with one attached hydrogen (secondary N) is 3. The Kier molecular flexibility index (Phi) is 8.76. The summed E-state index contributed by atoms with van der Waals surface area (Å²) in [6.07, 6.45) is -8.06. The number of ether oxygens (including phenoxy) is 1. The van der Waals surface area contributed by atoms with Gasteiger partial charge in [-0.3, -0.25) is 9.78 Å². The number of nitrogens with zero attached hydrogens (tertiary/aromatic N) is 1. The summed E-state index contributed by atoms with van der Waals surface area (Å²) in [7, 11) is 0.965. The highest BCUT2D eigenvalue weighted by Gasteiger charge is 2.45. The van der Waals surface area contributed by atoms with Crippen LogP contribution in [-0.2, 0) is 4.79 Å². The minimum Gasteiger partial charge on any atom is -0.428 e. The third kappa shape index (κ3) is 7.10. The Morgan fingerprint density at radius 1 is 1.09 bits per heavy atom. The molecule has 2 atom stereocenters. The smallest absolute Gasteiger partial charge is 0.428 e. The van der Waals surface area contributed by atoms with Crippen LogP contribution in [0.1, 0.15) is 24.2 Å².